The van der Waals surface area contributed by atoms with Gasteiger partial charge in [0.15, 0.2) is 11.6 Å². The molecule has 2 aliphatic rings. The summed E-state index contributed by atoms with van der Waals surface area (Å²) in [6, 6.07) is 6.78. The van der Waals surface area contributed by atoms with Crippen LogP contribution >= 0.6 is 0 Å². The first-order valence-corrected chi connectivity index (χ1v) is 6.24. The average molecular weight is 255 g/mol. The van der Waals surface area contributed by atoms with E-state index >= 15 is 0 Å². The van der Waals surface area contributed by atoms with Gasteiger partial charge in [-0.3, -0.25) is 14.4 Å². The second-order valence-electron chi connectivity index (χ2n) is 5.00. The smallest absolute Gasteiger partial charge is 0.225 e. The highest BCUT2D eigenvalue weighted by Gasteiger charge is 2.46. The van der Waals surface area contributed by atoms with Gasteiger partial charge in [0.05, 0.1) is 5.92 Å². The second-order valence-corrected chi connectivity index (χ2v) is 5.00. The van der Waals surface area contributed by atoms with Crippen LogP contribution < -0.4 is 5.73 Å². The summed E-state index contributed by atoms with van der Waals surface area (Å²) in [5.74, 6) is -2.52. The van der Waals surface area contributed by atoms with Crippen LogP contribution in [0.15, 0.2) is 36.4 Å². The molecule has 1 amide bonds. The van der Waals surface area contributed by atoms with E-state index in [2.05, 4.69) is 0 Å². The zero-order valence-electron chi connectivity index (χ0n) is 10.2. The summed E-state index contributed by atoms with van der Waals surface area (Å²) < 4.78 is 0. The summed E-state index contributed by atoms with van der Waals surface area (Å²) in [6.45, 7) is 0. The number of Topliss-reactive ketones (excluding diaryl/α,β-unsaturated/α-hetero) is 2. The van der Waals surface area contributed by atoms with Gasteiger partial charge in [-0.25, -0.2) is 0 Å². The maximum atomic E-state index is 12.5. The van der Waals surface area contributed by atoms with Gasteiger partial charge in [-0.1, -0.05) is 36.4 Å². The molecule has 0 heterocycles. The van der Waals surface area contributed by atoms with E-state index in [9.17, 15) is 14.4 Å². The Bertz CT molecular complexity index is 618. The van der Waals surface area contributed by atoms with E-state index in [1.165, 1.54) is 0 Å². The Balaban J connectivity index is 2.15. The van der Waals surface area contributed by atoms with Gasteiger partial charge in [-0.2, -0.15) is 0 Å². The molecule has 2 aliphatic carbocycles. The zero-order chi connectivity index (χ0) is 13.6. The highest BCUT2D eigenvalue weighted by molar-refractivity contribution is 6.17. The van der Waals surface area contributed by atoms with E-state index in [4.69, 9.17) is 5.73 Å². The second kappa shape index (κ2) is 4.16. The molecule has 0 aromatic heterocycles. The number of carbonyl (C=O) groups is 3. The van der Waals surface area contributed by atoms with Crippen LogP contribution in [0.2, 0.25) is 0 Å². The third kappa shape index (κ3) is 1.63. The number of hydrogen-bond acceptors (Lipinski definition) is 3. The number of carbonyl (C=O) groups excluding carboxylic acids is 3. The number of rotatable bonds is 1. The molecule has 0 aliphatic heterocycles. The van der Waals surface area contributed by atoms with E-state index < -0.39 is 23.7 Å². The highest BCUT2D eigenvalue weighted by atomic mass is 16.2. The van der Waals surface area contributed by atoms with Crippen LogP contribution in [0.25, 0.3) is 0 Å². The van der Waals surface area contributed by atoms with Gasteiger partial charge in [-0.15, -0.1) is 0 Å². The van der Waals surface area contributed by atoms with Crippen molar-refractivity contribution in [1.29, 1.82) is 0 Å². The van der Waals surface area contributed by atoms with Crippen LogP contribution in [0, 0.1) is 17.8 Å². The third-order valence-corrected chi connectivity index (χ3v) is 3.98. The van der Waals surface area contributed by atoms with Crippen molar-refractivity contribution in [2.45, 2.75) is 6.42 Å². The molecule has 3 unspecified atom stereocenters. The van der Waals surface area contributed by atoms with Crippen LogP contribution in [0.5, 0.6) is 0 Å². The topological polar surface area (TPSA) is 77.2 Å². The quantitative estimate of drug-likeness (QED) is 0.770. The Labute approximate surface area is 110 Å². The summed E-state index contributed by atoms with van der Waals surface area (Å²) in [5.41, 5.74) is 6.23. The lowest BCUT2D eigenvalue weighted by atomic mass is 9.65. The molecular weight excluding hydrogens is 242 g/mol. The molecule has 0 saturated carbocycles. The number of ketones is 2. The highest BCUT2D eigenvalue weighted by Crippen LogP contribution is 2.39. The van der Waals surface area contributed by atoms with Crippen molar-refractivity contribution in [3.63, 3.8) is 0 Å². The molecule has 19 heavy (non-hydrogen) atoms. The first-order chi connectivity index (χ1) is 9.11. The van der Waals surface area contributed by atoms with Gasteiger partial charge < -0.3 is 5.73 Å². The number of fused-ring (bicyclic) bond motifs is 2. The molecule has 0 bridgehead atoms. The number of nitrogens with two attached hydrogens (primary N) is 1. The van der Waals surface area contributed by atoms with Gasteiger partial charge in [0.1, 0.15) is 0 Å². The van der Waals surface area contributed by atoms with E-state index in [-0.39, 0.29) is 11.6 Å². The van der Waals surface area contributed by atoms with Gasteiger partial charge >= 0.3 is 0 Å². The summed E-state index contributed by atoms with van der Waals surface area (Å²) in [7, 11) is 0. The van der Waals surface area contributed by atoms with Crippen LogP contribution in [-0.2, 0) is 4.79 Å². The van der Waals surface area contributed by atoms with Crippen molar-refractivity contribution in [1.82, 2.24) is 0 Å². The fourth-order valence-corrected chi connectivity index (χ4v) is 3.07. The molecule has 96 valence electrons. The first-order valence-electron chi connectivity index (χ1n) is 6.24. The minimum Gasteiger partial charge on any atom is -0.369 e. The third-order valence-electron chi connectivity index (χ3n) is 3.98. The zero-order valence-corrected chi connectivity index (χ0v) is 10.2. The normalized spacial score (nSPS) is 28.7. The van der Waals surface area contributed by atoms with Crippen molar-refractivity contribution in [2.24, 2.45) is 23.5 Å². The summed E-state index contributed by atoms with van der Waals surface area (Å²) >= 11 is 0. The Morgan fingerprint density at radius 3 is 2.37 bits per heavy atom. The molecule has 0 saturated heterocycles. The molecule has 4 nitrogen and oxygen atoms in total. The molecule has 0 fully saturated rings. The largest absolute Gasteiger partial charge is 0.369 e. The fourth-order valence-electron chi connectivity index (χ4n) is 3.07. The lowest BCUT2D eigenvalue weighted by Gasteiger charge is -2.35. The van der Waals surface area contributed by atoms with Gasteiger partial charge in [-0.05, 0) is 6.42 Å². The summed E-state index contributed by atoms with van der Waals surface area (Å²) in [6.07, 6.45) is 3.92. The lowest BCUT2D eigenvalue weighted by Crippen LogP contribution is -2.45. The predicted octanol–water partition coefficient (Wildman–Crippen LogP) is 1.36. The lowest BCUT2D eigenvalue weighted by molar-refractivity contribution is -0.121. The molecule has 0 radical (unpaired) electrons. The summed E-state index contributed by atoms with van der Waals surface area (Å²) in [5, 5.41) is 0. The minimum atomic E-state index is -0.677. The van der Waals surface area contributed by atoms with E-state index in [1.807, 2.05) is 0 Å². The Morgan fingerprint density at radius 2 is 1.74 bits per heavy atom. The minimum absolute atomic E-state index is 0.0594. The molecule has 1 aromatic rings. The molecule has 3 atom stereocenters. The molecule has 4 heteroatoms. The number of primary amides is 1. The standard InChI is InChI=1S/C15H13NO3/c16-15(19)11-7-3-6-10-12(11)14(18)9-5-2-1-4-8(9)13(10)17/h1-5,7,10-12H,6H2,(H2,16,19). The number of hydrogen-bond donors (Lipinski definition) is 1. The van der Waals surface area contributed by atoms with E-state index in [1.54, 1.807) is 36.4 Å². The van der Waals surface area contributed by atoms with Gasteiger partial charge in [0.2, 0.25) is 5.91 Å². The molecular formula is C15H13NO3. The van der Waals surface area contributed by atoms with Crippen molar-refractivity contribution in [2.75, 3.05) is 0 Å². The van der Waals surface area contributed by atoms with Gasteiger partial charge in [0, 0.05) is 23.0 Å². The first kappa shape index (κ1) is 11.8. The van der Waals surface area contributed by atoms with Crippen LogP contribution in [-0.4, -0.2) is 17.5 Å². The molecule has 0 spiro atoms. The van der Waals surface area contributed by atoms with Crippen molar-refractivity contribution in [3.8, 4) is 0 Å². The van der Waals surface area contributed by atoms with Crippen molar-refractivity contribution < 1.29 is 14.4 Å². The fraction of sp³-hybridized carbons (Fsp3) is 0.267. The number of amides is 1. The van der Waals surface area contributed by atoms with E-state index in [0.717, 1.165) is 0 Å². The van der Waals surface area contributed by atoms with E-state index in [0.29, 0.717) is 17.5 Å². The van der Waals surface area contributed by atoms with Crippen LogP contribution in [0.1, 0.15) is 27.1 Å². The maximum Gasteiger partial charge on any atom is 0.225 e. The SMILES string of the molecule is NC(=O)C1C=CCC2C(=O)c3ccccc3C(=O)C12. The van der Waals surface area contributed by atoms with Crippen LogP contribution in [0.4, 0.5) is 0 Å². The number of allylic oxidation sites excluding steroid dienone is 1. The Kier molecular flexibility index (Phi) is 2.59. The summed E-state index contributed by atoms with van der Waals surface area (Å²) in [4.78, 5) is 36.4. The Morgan fingerprint density at radius 1 is 1.11 bits per heavy atom. The maximum absolute atomic E-state index is 12.5. The molecule has 1 aromatic carbocycles. The molecule has 2 N–H and O–H groups in total. The Hall–Kier alpha value is -2.23. The molecule has 3 rings (SSSR count). The monoisotopic (exact) mass is 255 g/mol. The van der Waals surface area contributed by atoms with Crippen LogP contribution in [0.3, 0.4) is 0 Å². The predicted molar refractivity (Wildman–Crippen MR) is 68.5 cm³/mol. The van der Waals surface area contributed by atoms with Gasteiger partial charge in [0.25, 0.3) is 0 Å². The number of benzene rings is 1. The average Bonchev–Trinajstić information content (AvgIpc) is 2.44. The van der Waals surface area contributed by atoms with Crippen molar-refractivity contribution in [3.05, 3.63) is 47.5 Å². The van der Waals surface area contributed by atoms with Crippen molar-refractivity contribution >= 4 is 17.5 Å².